The minimum atomic E-state index is -0.0730. The first-order valence-electron chi connectivity index (χ1n) is 5.04. The van der Waals surface area contributed by atoms with Gasteiger partial charge in [-0.2, -0.15) is 5.26 Å². The second-order valence-corrected chi connectivity index (χ2v) is 3.44. The fourth-order valence-electron chi connectivity index (χ4n) is 1.35. The molecule has 0 aliphatic heterocycles. The maximum absolute atomic E-state index is 9.47. The zero-order valence-corrected chi connectivity index (χ0v) is 9.00. The molecular formula is C13H10N2O2. The summed E-state index contributed by atoms with van der Waals surface area (Å²) in [4.78, 5) is 3.97. The van der Waals surface area contributed by atoms with Gasteiger partial charge in [-0.15, -0.1) is 0 Å². The molecule has 0 bridgehead atoms. The van der Waals surface area contributed by atoms with E-state index in [0.29, 0.717) is 12.4 Å². The Balaban J connectivity index is 2.06. The first kappa shape index (κ1) is 11.0. The van der Waals surface area contributed by atoms with Crippen molar-refractivity contribution in [2.45, 2.75) is 6.61 Å². The molecule has 17 heavy (non-hydrogen) atoms. The van der Waals surface area contributed by atoms with Crippen LogP contribution in [0.15, 0.2) is 42.7 Å². The lowest BCUT2D eigenvalue weighted by Gasteiger charge is -2.06. The highest BCUT2D eigenvalue weighted by Crippen LogP contribution is 2.23. The minimum absolute atomic E-state index is 0.0730. The molecule has 4 nitrogen and oxygen atoms in total. The number of ether oxygens (including phenoxy) is 1. The third kappa shape index (κ3) is 2.73. The summed E-state index contributed by atoms with van der Waals surface area (Å²) in [5, 5.41) is 18.1. The Labute approximate surface area is 98.7 Å². The first-order chi connectivity index (χ1) is 8.29. The second kappa shape index (κ2) is 4.99. The van der Waals surface area contributed by atoms with E-state index in [0.717, 1.165) is 5.56 Å². The van der Waals surface area contributed by atoms with E-state index in [1.807, 2.05) is 18.2 Å². The van der Waals surface area contributed by atoms with Gasteiger partial charge in [-0.3, -0.25) is 4.98 Å². The highest BCUT2D eigenvalue weighted by Gasteiger charge is 2.02. The largest absolute Gasteiger partial charge is 0.506 e. The zero-order chi connectivity index (χ0) is 12.1. The summed E-state index contributed by atoms with van der Waals surface area (Å²) in [6.07, 6.45) is 3.40. The standard InChI is InChI=1S/C13H10N2O2/c14-7-11-3-4-12(6-13(11)16)17-9-10-2-1-5-15-8-10/h1-6,8,16H,9H2. The van der Waals surface area contributed by atoms with Gasteiger partial charge < -0.3 is 9.84 Å². The molecule has 1 heterocycles. The average molecular weight is 226 g/mol. The molecule has 0 radical (unpaired) electrons. The van der Waals surface area contributed by atoms with Gasteiger partial charge in [-0.1, -0.05) is 6.07 Å². The smallest absolute Gasteiger partial charge is 0.137 e. The second-order valence-electron chi connectivity index (χ2n) is 3.44. The lowest BCUT2D eigenvalue weighted by Crippen LogP contribution is -1.95. The van der Waals surface area contributed by atoms with Crippen LogP contribution in [0, 0.1) is 11.3 Å². The Morgan fingerprint density at radius 2 is 2.24 bits per heavy atom. The van der Waals surface area contributed by atoms with E-state index in [4.69, 9.17) is 10.00 Å². The molecule has 0 saturated heterocycles. The number of pyridine rings is 1. The zero-order valence-electron chi connectivity index (χ0n) is 9.00. The molecule has 0 fully saturated rings. The van der Waals surface area contributed by atoms with E-state index in [9.17, 15) is 5.11 Å². The number of hydrogen-bond donors (Lipinski definition) is 1. The molecule has 2 rings (SSSR count). The Bertz CT molecular complexity index is 547. The van der Waals surface area contributed by atoms with Crippen LogP contribution < -0.4 is 4.74 Å². The number of nitrogens with zero attached hydrogens (tertiary/aromatic N) is 2. The van der Waals surface area contributed by atoms with Crippen LogP contribution in [0.3, 0.4) is 0 Å². The first-order valence-corrected chi connectivity index (χ1v) is 5.04. The number of phenols is 1. The average Bonchev–Trinajstić information content (AvgIpc) is 2.38. The van der Waals surface area contributed by atoms with Gasteiger partial charge in [0, 0.05) is 24.0 Å². The van der Waals surface area contributed by atoms with Gasteiger partial charge in [0.25, 0.3) is 0 Å². The van der Waals surface area contributed by atoms with Crippen LogP contribution in [0.1, 0.15) is 11.1 Å². The van der Waals surface area contributed by atoms with Crippen LogP contribution in [-0.2, 0) is 6.61 Å². The van der Waals surface area contributed by atoms with E-state index in [1.54, 1.807) is 18.5 Å². The summed E-state index contributed by atoms with van der Waals surface area (Å²) in [7, 11) is 0. The SMILES string of the molecule is N#Cc1ccc(OCc2cccnc2)cc1O. The number of phenolic OH excluding ortho intramolecular Hbond substituents is 1. The van der Waals surface area contributed by atoms with Crippen LogP contribution >= 0.6 is 0 Å². The van der Waals surface area contributed by atoms with Crippen LogP contribution in [0.5, 0.6) is 11.5 Å². The van der Waals surface area contributed by atoms with Crippen LogP contribution in [0.2, 0.25) is 0 Å². The predicted molar refractivity (Wildman–Crippen MR) is 61.4 cm³/mol. The summed E-state index contributed by atoms with van der Waals surface area (Å²) in [5.74, 6) is 0.446. The van der Waals surface area contributed by atoms with Gasteiger partial charge in [0.05, 0.1) is 5.56 Å². The Morgan fingerprint density at radius 1 is 1.35 bits per heavy atom. The molecule has 0 aliphatic carbocycles. The monoisotopic (exact) mass is 226 g/mol. The number of benzene rings is 1. The molecule has 1 N–H and O–H groups in total. The molecule has 0 saturated carbocycles. The number of aromatic nitrogens is 1. The van der Waals surface area contributed by atoms with Gasteiger partial charge in [-0.05, 0) is 18.2 Å². The molecule has 4 heteroatoms. The van der Waals surface area contributed by atoms with Crippen molar-refractivity contribution >= 4 is 0 Å². The maximum atomic E-state index is 9.47. The molecular weight excluding hydrogens is 216 g/mol. The van der Waals surface area contributed by atoms with E-state index in [2.05, 4.69) is 4.98 Å². The highest BCUT2D eigenvalue weighted by molar-refractivity contribution is 5.46. The summed E-state index contributed by atoms with van der Waals surface area (Å²) in [6.45, 7) is 0.374. The van der Waals surface area contributed by atoms with E-state index < -0.39 is 0 Å². The molecule has 0 aliphatic rings. The highest BCUT2D eigenvalue weighted by atomic mass is 16.5. The molecule has 1 aromatic heterocycles. The molecule has 84 valence electrons. The lowest BCUT2D eigenvalue weighted by atomic mass is 10.2. The van der Waals surface area contributed by atoms with Crippen molar-refractivity contribution in [3.63, 3.8) is 0 Å². The Hall–Kier alpha value is -2.54. The van der Waals surface area contributed by atoms with E-state index in [-0.39, 0.29) is 11.3 Å². The molecule has 0 amide bonds. The molecule has 1 aromatic carbocycles. The third-order valence-corrected chi connectivity index (χ3v) is 2.22. The van der Waals surface area contributed by atoms with Gasteiger partial charge in [0.1, 0.15) is 24.2 Å². The van der Waals surface area contributed by atoms with Crippen LogP contribution in [0.25, 0.3) is 0 Å². The van der Waals surface area contributed by atoms with Gasteiger partial charge in [0.2, 0.25) is 0 Å². The van der Waals surface area contributed by atoms with Gasteiger partial charge >= 0.3 is 0 Å². The Kier molecular flexibility index (Phi) is 3.22. The number of hydrogen-bond acceptors (Lipinski definition) is 4. The van der Waals surface area contributed by atoms with Crippen molar-refractivity contribution in [1.29, 1.82) is 5.26 Å². The van der Waals surface area contributed by atoms with Crippen molar-refractivity contribution < 1.29 is 9.84 Å². The fraction of sp³-hybridized carbons (Fsp3) is 0.0769. The van der Waals surface area contributed by atoms with Crippen molar-refractivity contribution in [2.75, 3.05) is 0 Å². The van der Waals surface area contributed by atoms with Crippen molar-refractivity contribution in [2.24, 2.45) is 0 Å². The summed E-state index contributed by atoms with van der Waals surface area (Å²) >= 11 is 0. The predicted octanol–water partition coefficient (Wildman–Crippen LogP) is 2.24. The van der Waals surface area contributed by atoms with Crippen LogP contribution in [0.4, 0.5) is 0 Å². The lowest BCUT2D eigenvalue weighted by molar-refractivity contribution is 0.304. The normalized spacial score (nSPS) is 9.59. The number of nitriles is 1. The van der Waals surface area contributed by atoms with E-state index in [1.165, 1.54) is 12.1 Å². The molecule has 0 unspecified atom stereocenters. The number of rotatable bonds is 3. The summed E-state index contributed by atoms with van der Waals surface area (Å²) in [6, 6.07) is 10.2. The maximum Gasteiger partial charge on any atom is 0.137 e. The van der Waals surface area contributed by atoms with Gasteiger partial charge in [0.15, 0.2) is 0 Å². The quantitative estimate of drug-likeness (QED) is 0.871. The topological polar surface area (TPSA) is 66.1 Å². The van der Waals surface area contributed by atoms with Gasteiger partial charge in [-0.25, -0.2) is 0 Å². The van der Waals surface area contributed by atoms with Crippen LogP contribution in [-0.4, -0.2) is 10.1 Å². The summed E-state index contributed by atoms with van der Waals surface area (Å²) in [5.41, 5.74) is 1.18. The minimum Gasteiger partial charge on any atom is -0.506 e. The third-order valence-electron chi connectivity index (χ3n) is 2.22. The number of aromatic hydroxyl groups is 1. The van der Waals surface area contributed by atoms with Crippen molar-refractivity contribution in [1.82, 2.24) is 4.98 Å². The Morgan fingerprint density at radius 3 is 2.88 bits per heavy atom. The van der Waals surface area contributed by atoms with Crippen molar-refractivity contribution in [3.8, 4) is 17.6 Å². The molecule has 2 aromatic rings. The molecule has 0 spiro atoms. The van der Waals surface area contributed by atoms with E-state index >= 15 is 0 Å². The summed E-state index contributed by atoms with van der Waals surface area (Å²) < 4.78 is 5.46. The fourth-order valence-corrected chi connectivity index (χ4v) is 1.35. The molecule has 0 atom stereocenters. The van der Waals surface area contributed by atoms with Crippen molar-refractivity contribution in [3.05, 3.63) is 53.9 Å².